The maximum absolute atomic E-state index is 5.61. The van der Waals surface area contributed by atoms with E-state index < -0.39 is 0 Å². The van der Waals surface area contributed by atoms with Gasteiger partial charge in [0, 0.05) is 0 Å². The average molecular weight is 170 g/mol. The Labute approximate surface area is 66.9 Å². The zero-order valence-electron chi connectivity index (χ0n) is 5.41. The van der Waals surface area contributed by atoms with Gasteiger partial charge in [0.25, 0.3) is 0 Å². The molecule has 0 fully saturated rings. The van der Waals surface area contributed by atoms with Crippen molar-refractivity contribution in [3.8, 4) is 0 Å². The molecule has 2 aromatic heterocycles. The Morgan fingerprint density at radius 2 is 2.36 bits per heavy atom. The summed E-state index contributed by atoms with van der Waals surface area (Å²) in [6, 6.07) is 1.61. The van der Waals surface area contributed by atoms with Crippen LogP contribution in [0.3, 0.4) is 0 Å². The second kappa shape index (κ2) is 2.10. The third kappa shape index (κ3) is 0.914. The number of pyridine rings is 1. The van der Waals surface area contributed by atoms with Gasteiger partial charge >= 0.3 is 0 Å². The van der Waals surface area contributed by atoms with Gasteiger partial charge in [0.15, 0.2) is 11.4 Å². The quantitative estimate of drug-likeness (QED) is 0.607. The molecule has 0 amide bonds. The van der Waals surface area contributed by atoms with Crippen molar-refractivity contribution in [2.45, 2.75) is 0 Å². The van der Waals surface area contributed by atoms with Gasteiger partial charge in [-0.15, -0.1) is 0 Å². The van der Waals surface area contributed by atoms with Gasteiger partial charge in [-0.1, -0.05) is 16.8 Å². The molecule has 11 heavy (non-hydrogen) atoms. The highest BCUT2D eigenvalue weighted by Crippen LogP contribution is 2.21. The number of aromatic nitrogens is 2. The fourth-order valence-electron chi connectivity index (χ4n) is 0.838. The molecule has 0 bridgehead atoms. The van der Waals surface area contributed by atoms with Crippen molar-refractivity contribution in [3.05, 3.63) is 17.4 Å². The van der Waals surface area contributed by atoms with Crippen molar-refractivity contribution in [2.75, 3.05) is 5.73 Å². The molecule has 4 nitrogen and oxygen atoms in total. The van der Waals surface area contributed by atoms with Crippen molar-refractivity contribution in [2.24, 2.45) is 0 Å². The second-order valence-corrected chi connectivity index (χ2v) is 2.46. The molecule has 56 valence electrons. The summed E-state index contributed by atoms with van der Waals surface area (Å²) in [7, 11) is 0. The standard InChI is InChI=1S/C6H4ClN3O/c7-5-1-3-4(2-9-5)11-10-6(3)8/h1-2H,(H2,8,10). The molecule has 5 heteroatoms. The van der Waals surface area contributed by atoms with E-state index in [1.807, 2.05) is 0 Å². The summed E-state index contributed by atoms with van der Waals surface area (Å²) in [6.07, 6.45) is 1.49. The molecule has 2 N–H and O–H groups in total. The van der Waals surface area contributed by atoms with E-state index in [4.69, 9.17) is 21.9 Å². The molecule has 0 atom stereocenters. The molecule has 2 aromatic rings. The Hall–Kier alpha value is -1.29. The van der Waals surface area contributed by atoms with Crippen molar-refractivity contribution >= 4 is 28.4 Å². The van der Waals surface area contributed by atoms with Crippen LogP contribution in [0.15, 0.2) is 16.8 Å². The van der Waals surface area contributed by atoms with Crippen LogP contribution in [0.4, 0.5) is 5.82 Å². The molecular weight excluding hydrogens is 166 g/mol. The maximum atomic E-state index is 5.61. The summed E-state index contributed by atoms with van der Waals surface area (Å²) in [5.74, 6) is 0.337. The molecule has 2 rings (SSSR count). The predicted molar refractivity (Wildman–Crippen MR) is 41.2 cm³/mol. The minimum Gasteiger partial charge on any atom is -0.380 e. The minimum atomic E-state index is 0.337. The summed E-state index contributed by atoms with van der Waals surface area (Å²) < 4.78 is 4.81. The lowest BCUT2D eigenvalue weighted by Gasteiger charge is -1.86. The minimum absolute atomic E-state index is 0.337. The van der Waals surface area contributed by atoms with E-state index in [-0.39, 0.29) is 0 Å². The summed E-state index contributed by atoms with van der Waals surface area (Å²) >= 11 is 5.61. The third-order valence-electron chi connectivity index (χ3n) is 1.35. The van der Waals surface area contributed by atoms with Crippen LogP contribution >= 0.6 is 11.6 Å². The van der Waals surface area contributed by atoms with Gasteiger partial charge in [-0.2, -0.15) is 0 Å². The SMILES string of the molecule is Nc1noc2cnc(Cl)cc12. The first-order valence-corrected chi connectivity index (χ1v) is 3.31. The van der Waals surface area contributed by atoms with E-state index in [9.17, 15) is 0 Å². The van der Waals surface area contributed by atoms with Crippen molar-refractivity contribution < 1.29 is 4.52 Å². The van der Waals surface area contributed by atoms with E-state index in [1.54, 1.807) is 6.07 Å². The maximum Gasteiger partial charge on any atom is 0.187 e. The van der Waals surface area contributed by atoms with Crippen LogP contribution in [0.5, 0.6) is 0 Å². The molecule has 0 saturated carbocycles. The van der Waals surface area contributed by atoms with Gasteiger partial charge in [-0.25, -0.2) is 4.98 Å². The monoisotopic (exact) mass is 169 g/mol. The smallest absolute Gasteiger partial charge is 0.187 e. The number of anilines is 1. The highest BCUT2D eigenvalue weighted by molar-refractivity contribution is 6.30. The first kappa shape index (κ1) is 6.42. The van der Waals surface area contributed by atoms with E-state index in [0.29, 0.717) is 21.9 Å². The van der Waals surface area contributed by atoms with Gasteiger partial charge in [0.2, 0.25) is 0 Å². The summed E-state index contributed by atoms with van der Waals surface area (Å²) in [4.78, 5) is 3.80. The first-order chi connectivity index (χ1) is 5.27. The van der Waals surface area contributed by atoms with E-state index in [0.717, 1.165) is 0 Å². The van der Waals surface area contributed by atoms with Crippen LogP contribution in [-0.2, 0) is 0 Å². The summed E-state index contributed by atoms with van der Waals surface area (Å²) in [5, 5.41) is 4.62. The van der Waals surface area contributed by atoms with Crippen LogP contribution in [0.25, 0.3) is 11.0 Å². The normalized spacial score (nSPS) is 10.6. The zero-order valence-corrected chi connectivity index (χ0v) is 6.17. The van der Waals surface area contributed by atoms with Crippen LogP contribution in [-0.4, -0.2) is 10.1 Å². The molecule has 0 spiro atoms. The number of nitrogen functional groups attached to an aromatic ring is 1. The van der Waals surface area contributed by atoms with Crippen molar-refractivity contribution in [1.29, 1.82) is 0 Å². The largest absolute Gasteiger partial charge is 0.380 e. The molecule has 0 aliphatic carbocycles. The zero-order chi connectivity index (χ0) is 7.84. The number of rotatable bonds is 0. The molecular formula is C6H4ClN3O. The van der Waals surface area contributed by atoms with Crippen molar-refractivity contribution in [3.63, 3.8) is 0 Å². The van der Waals surface area contributed by atoms with Gasteiger partial charge < -0.3 is 10.3 Å². The highest BCUT2D eigenvalue weighted by atomic mass is 35.5. The number of fused-ring (bicyclic) bond motifs is 1. The molecule has 0 unspecified atom stereocenters. The van der Waals surface area contributed by atoms with E-state index in [2.05, 4.69) is 10.1 Å². The second-order valence-electron chi connectivity index (χ2n) is 2.07. The lowest BCUT2D eigenvalue weighted by Crippen LogP contribution is -1.83. The molecule has 0 saturated heterocycles. The van der Waals surface area contributed by atoms with Crippen LogP contribution in [0, 0.1) is 0 Å². The summed E-state index contributed by atoms with van der Waals surface area (Å²) in [5.41, 5.74) is 6.00. The Morgan fingerprint density at radius 1 is 1.55 bits per heavy atom. The van der Waals surface area contributed by atoms with Gasteiger partial charge in [-0.05, 0) is 6.07 Å². The number of nitrogens with two attached hydrogens (primary N) is 1. The number of hydrogen-bond donors (Lipinski definition) is 1. The molecule has 2 heterocycles. The highest BCUT2D eigenvalue weighted by Gasteiger charge is 2.04. The number of hydrogen-bond acceptors (Lipinski definition) is 4. The molecule has 0 aromatic carbocycles. The fourth-order valence-corrected chi connectivity index (χ4v) is 0.996. The first-order valence-electron chi connectivity index (χ1n) is 2.94. The summed E-state index contributed by atoms with van der Waals surface area (Å²) in [6.45, 7) is 0. The van der Waals surface area contributed by atoms with Gasteiger partial charge in [0.1, 0.15) is 5.15 Å². The Kier molecular flexibility index (Phi) is 1.22. The van der Waals surface area contributed by atoms with Crippen LogP contribution in [0.1, 0.15) is 0 Å². The lowest BCUT2D eigenvalue weighted by molar-refractivity contribution is 0.459. The Morgan fingerprint density at radius 3 is 3.18 bits per heavy atom. The third-order valence-corrected chi connectivity index (χ3v) is 1.56. The Balaban J connectivity index is 2.87. The lowest BCUT2D eigenvalue weighted by atomic mass is 10.3. The van der Waals surface area contributed by atoms with Crippen LogP contribution in [0.2, 0.25) is 5.15 Å². The topological polar surface area (TPSA) is 64.9 Å². The average Bonchev–Trinajstić information content (AvgIpc) is 2.33. The van der Waals surface area contributed by atoms with Gasteiger partial charge in [-0.3, -0.25) is 0 Å². The predicted octanol–water partition coefficient (Wildman–Crippen LogP) is 1.46. The Bertz CT molecular complexity index is 398. The number of halogens is 1. The van der Waals surface area contributed by atoms with Gasteiger partial charge in [0.05, 0.1) is 11.6 Å². The van der Waals surface area contributed by atoms with E-state index in [1.165, 1.54) is 6.20 Å². The van der Waals surface area contributed by atoms with Crippen molar-refractivity contribution in [1.82, 2.24) is 10.1 Å². The molecule has 0 aliphatic rings. The van der Waals surface area contributed by atoms with E-state index >= 15 is 0 Å². The molecule has 0 radical (unpaired) electrons. The fraction of sp³-hybridized carbons (Fsp3) is 0. The number of nitrogens with zero attached hydrogens (tertiary/aromatic N) is 2. The van der Waals surface area contributed by atoms with Crippen LogP contribution < -0.4 is 5.73 Å². The molecule has 0 aliphatic heterocycles.